The largest absolute Gasteiger partial charge is 0.463 e. The van der Waals surface area contributed by atoms with Gasteiger partial charge in [0, 0.05) is 19.6 Å². The molecule has 0 bridgehead atoms. The highest BCUT2D eigenvalue weighted by atomic mass is 16.5. The van der Waals surface area contributed by atoms with Gasteiger partial charge in [-0.15, -0.1) is 0 Å². The summed E-state index contributed by atoms with van der Waals surface area (Å²) < 4.78 is 9.63. The Labute approximate surface area is 90.2 Å². The maximum absolute atomic E-state index is 11.2. The third-order valence-corrected chi connectivity index (χ3v) is 1.89. The number of hydrogen-bond donors (Lipinski definition) is 0. The summed E-state index contributed by atoms with van der Waals surface area (Å²) in [5.74, 6) is -0.572. The predicted octanol–water partition coefficient (Wildman–Crippen LogP) is 1.49. The molecule has 15 heavy (non-hydrogen) atoms. The van der Waals surface area contributed by atoms with Gasteiger partial charge in [-0.2, -0.15) is 0 Å². The number of carbonyl (C=O) groups is 2. The van der Waals surface area contributed by atoms with Crippen LogP contribution in [0.1, 0.15) is 26.7 Å². The average molecular weight is 214 g/mol. The number of hydrogen-bond acceptors (Lipinski definition) is 4. The van der Waals surface area contributed by atoms with E-state index in [1.807, 2.05) is 6.92 Å². The maximum Gasteiger partial charge on any atom is 0.330 e. The van der Waals surface area contributed by atoms with Crippen molar-refractivity contribution in [3.05, 3.63) is 12.2 Å². The van der Waals surface area contributed by atoms with E-state index in [4.69, 9.17) is 4.74 Å². The lowest BCUT2D eigenvalue weighted by molar-refractivity contribution is -0.137. The Morgan fingerprint density at radius 3 is 2.53 bits per heavy atom. The van der Waals surface area contributed by atoms with Crippen LogP contribution in [0.15, 0.2) is 12.2 Å². The first-order valence-corrected chi connectivity index (χ1v) is 5.00. The molecule has 0 saturated heterocycles. The van der Waals surface area contributed by atoms with Crippen LogP contribution in [0.2, 0.25) is 0 Å². The van der Waals surface area contributed by atoms with Gasteiger partial charge in [0.05, 0.1) is 12.7 Å². The van der Waals surface area contributed by atoms with Crippen molar-refractivity contribution in [1.29, 1.82) is 0 Å². The van der Waals surface area contributed by atoms with Crippen molar-refractivity contribution in [2.24, 2.45) is 0 Å². The lowest BCUT2D eigenvalue weighted by Crippen LogP contribution is -2.07. The van der Waals surface area contributed by atoms with E-state index >= 15 is 0 Å². The van der Waals surface area contributed by atoms with Crippen molar-refractivity contribution >= 4 is 11.8 Å². The van der Waals surface area contributed by atoms with Gasteiger partial charge in [-0.3, -0.25) is 4.79 Å². The molecule has 0 amide bonds. The predicted molar refractivity (Wildman–Crippen MR) is 56.5 cm³/mol. The molecule has 0 aliphatic rings. The van der Waals surface area contributed by atoms with Crippen LogP contribution in [0.4, 0.5) is 0 Å². The monoisotopic (exact) mass is 214 g/mol. The Bertz CT molecular complexity index is 233. The number of rotatable bonds is 7. The van der Waals surface area contributed by atoms with Crippen molar-refractivity contribution in [3.8, 4) is 0 Å². The second-order valence-electron chi connectivity index (χ2n) is 3.14. The molecule has 0 radical (unpaired) electrons. The molecule has 0 aliphatic carbocycles. The van der Waals surface area contributed by atoms with E-state index in [2.05, 4.69) is 4.74 Å². The highest BCUT2D eigenvalue weighted by Gasteiger charge is 2.03. The summed E-state index contributed by atoms with van der Waals surface area (Å²) in [6, 6.07) is 0. The number of carbonyl (C=O) groups excluding carboxylic acids is 2. The van der Waals surface area contributed by atoms with Crippen molar-refractivity contribution in [2.45, 2.75) is 32.8 Å². The molecule has 0 aromatic carbocycles. The van der Waals surface area contributed by atoms with Crippen LogP contribution < -0.4 is 0 Å². The van der Waals surface area contributed by atoms with E-state index in [0.717, 1.165) is 6.08 Å². The van der Waals surface area contributed by atoms with Crippen LogP contribution in [0.5, 0.6) is 0 Å². The van der Waals surface area contributed by atoms with Crippen LogP contribution in [-0.2, 0) is 19.1 Å². The lowest BCUT2D eigenvalue weighted by atomic mass is 10.1. The molecule has 0 fully saturated rings. The highest BCUT2D eigenvalue weighted by Crippen LogP contribution is 2.01. The molecule has 86 valence electrons. The molecule has 1 atom stereocenters. The van der Waals surface area contributed by atoms with Crippen molar-refractivity contribution in [1.82, 2.24) is 0 Å². The van der Waals surface area contributed by atoms with Gasteiger partial charge in [0.25, 0.3) is 0 Å². The topological polar surface area (TPSA) is 52.6 Å². The Morgan fingerprint density at radius 2 is 2.00 bits per heavy atom. The minimum Gasteiger partial charge on any atom is -0.463 e. The van der Waals surface area contributed by atoms with Crippen LogP contribution >= 0.6 is 0 Å². The molecule has 0 rings (SSSR count). The smallest absolute Gasteiger partial charge is 0.330 e. The molecule has 0 aliphatic heterocycles. The number of methoxy groups -OCH3 is 1. The summed E-state index contributed by atoms with van der Waals surface area (Å²) in [7, 11) is 1.60. The summed E-state index contributed by atoms with van der Waals surface area (Å²) in [6.45, 7) is 3.92. The minimum absolute atomic E-state index is 0.0601. The fraction of sp³-hybridized carbons (Fsp3) is 0.636. The van der Waals surface area contributed by atoms with E-state index in [1.54, 1.807) is 14.0 Å². The molecule has 0 spiro atoms. The van der Waals surface area contributed by atoms with E-state index in [-0.39, 0.29) is 11.9 Å². The van der Waals surface area contributed by atoms with Crippen LogP contribution in [-0.4, -0.2) is 31.6 Å². The number of ketones is 1. The quantitative estimate of drug-likeness (QED) is 0.476. The summed E-state index contributed by atoms with van der Waals surface area (Å²) in [4.78, 5) is 22.1. The van der Waals surface area contributed by atoms with Crippen LogP contribution in [0.3, 0.4) is 0 Å². The zero-order valence-electron chi connectivity index (χ0n) is 9.49. The standard InChI is InChI=1S/C11H18O4/c1-4-15-11(13)8-7-10(12)6-5-9(2)14-3/h7-9H,4-6H2,1-3H3. The van der Waals surface area contributed by atoms with Gasteiger partial charge in [0.1, 0.15) is 0 Å². The molecule has 0 heterocycles. The molecular weight excluding hydrogens is 196 g/mol. The fourth-order valence-corrected chi connectivity index (χ4v) is 0.898. The average Bonchev–Trinajstić information content (AvgIpc) is 2.23. The number of ether oxygens (including phenoxy) is 2. The molecule has 0 saturated carbocycles. The highest BCUT2D eigenvalue weighted by molar-refractivity contribution is 5.95. The molecule has 0 aromatic heterocycles. The zero-order chi connectivity index (χ0) is 11.7. The Morgan fingerprint density at radius 1 is 1.33 bits per heavy atom. The van der Waals surface area contributed by atoms with Gasteiger partial charge >= 0.3 is 5.97 Å². The summed E-state index contributed by atoms with van der Waals surface area (Å²) in [5.41, 5.74) is 0. The Kier molecular flexibility index (Phi) is 7.54. The van der Waals surface area contributed by atoms with Crippen LogP contribution in [0.25, 0.3) is 0 Å². The molecule has 0 N–H and O–H groups in total. The normalized spacial score (nSPS) is 12.7. The van der Waals surface area contributed by atoms with Crippen molar-refractivity contribution in [3.63, 3.8) is 0 Å². The lowest BCUT2D eigenvalue weighted by Gasteiger charge is -2.06. The Balaban J connectivity index is 3.78. The van der Waals surface area contributed by atoms with E-state index in [9.17, 15) is 9.59 Å². The van der Waals surface area contributed by atoms with E-state index in [1.165, 1.54) is 6.08 Å². The molecule has 4 nitrogen and oxygen atoms in total. The van der Waals surface area contributed by atoms with E-state index in [0.29, 0.717) is 19.4 Å². The second-order valence-corrected chi connectivity index (χ2v) is 3.14. The SMILES string of the molecule is CCOC(=O)C=CC(=O)CCC(C)OC. The van der Waals surface area contributed by atoms with Gasteiger partial charge in [0.2, 0.25) is 0 Å². The summed E-state index contributed by atoms with van der Waals surface area (Å²) in [6.07, 6.45) is 3.50. The first-order valence-electron chi connectivity index (χ1n) is 5.00. The zero-order valence-corrected chi connectivity index (χ0v) is 9.49. The fourth-order valence-electron chi connectivity index (χ4n) is 0.898. The number of esters is 1. The van der Waals surface area contributed by atoms with Gasteiger partial charge in [-0.05, 0) is 26.3 Å². The second kappa shape index (κ2) is 8.17. The third kappa shape index (κ3) is 7.88. The van der Waals surface area contributed by atoms with Crippen LogP contribution in [0, 0.1) is 0 Å². The van der Waals surface area contributed by atoms with Gasteiger partial charge in [-0.25, -0.2) is 4.79 Å². The van der Waals surface area contributed by atoms with E-state index < -0.39 is 5.97 Å². The number of allylic oxidation sites excluding steroid dienone is 1. The van der Waals surface area contributed by atoms with Crippen molar-refractivity contribution < 1.29 is 19.1 Å². The molecule has 0 aromatic rings. The third-order valence-electron chi connectivity index (χ3n) is 1.89. The summed E-state index contributed by atoms with van der Waals surface area (Å²) >= 11 is 0. The maximum atomic E-state index is 11.2. The van der Waals surface area contributed by atoms with Gasteiger partial charge in [-0.1, -0.05) is 0 Å². The Hall–Kier alpha value is -1.16. The molecule has 1 unspecified atom stereocenters. The van der Waals surface area contributed by atoms with Gasteiger partial charge < -0.3 is 9.47 Å². The van der Waals surface area contributed by atoms with Crippen molar-refractivity contribution in [2.75, 3.05) is 13.7 Å². The first-order chi connectivity index (χ1) is 7.10. The molecular formula is C11H18O4. The van der Waals surface area contributed by atoms with Gasteiger partial charge in [0.15, 0.2) is 5.78 Å². The first kappa shape index (κ1) is 13.8. The summed E-state index contributed by atoms with van der Waals surface area (Å²) in [5, 5.41) is 0. The molecule has 4 heteroatoms. The minimum atomic E-state index is -0.481.